The number of hydrogen-bond acceptors (Lipinski definition) is 4. The molecule has 0 unspecified atom stereocenters. The Kier molecular flexibility index (Phi) is 9.66. The Morgan fingerprint density at radius 3 is 1.41 bits per heavy atom. The minimum Gasteiger partial charge on any atom is -0.531 e. The van der Waals surface area contributed by atoms with E-state index in [0.29, 0.717) is 15.4 Å². The molecule has 3 aliphatic rings. The summed E-state index contributed by atoms with van der Waals surface area (Å²) in [6.07, 6.45) is 21.6. The third-order valence-corrected chi connectivity index (χ3v) is 8.79. The van der Waals surface area contributed by atoms with Crippen molar-refractivity contribution in [1.82, 2.24) is 0 Å². The second-order valence-electron chi connectivity index (χ2n) is 11.5. The fourth-order valence-corrected chi connectivity index (χ4v) is 6.66. The molecule has 1 aliphatic carbocycles. The molecule has 0 fully saturated rings. The second kappa shape index (κ2) is 13.5. The molecule has 0 radical (unpaired) electrons. The molecule has 0 aromatic heterocycles. The summed E-state index contributed by atoms with van der Waals surface area (Å²) in [5.41, 5.74) is 7.89. The van der Waals surface area contributed by atoms with Gasteiger partial charge in [0.15, 0.2) is 0 Å². The lowest BCUT2D eigenvalue weighted by Gasteiger charge is -2.33. The van der Waals surface area contributed by atoms with Crippen LogP contribution in [0.2, 0.25) is 0 Å². The van der Waals surface area contributed by atoms with Gasteiger partial charge in [-0.05, 0) is 47.2 Å². The van der Waals surface area contributed by atoms with Crippen LogP contribution in [0.15, 0.2) is 48.9 Å². The zero-order valence-electron chi connectivity index (χ0n) is 24.1. The van der Waals surface area contributed by atoms with Crippen LogP contribution in [0.1, 0.15) is 126 Å². The summed E-state index contributed by atoms with van der Waals surface area (Å²) >= 11 is 0. The van der Waals surface area contributed by atoms with Gasteiger partial charge in [0.05, 0.1) is 0 Å². The largest absolute Gasteiger partial charge is 0.576 e. The summed E-state index contributed by atoms with van der Waals surface area (Å²) in [6, 6.07) is 13.8. The summed E-state index contributed by atoms with van der Waals surface area (Å²) in [4.78, 5) is 0. The van der Waals surface area contributed by atoms with Gasteiger partial charge in [-0.1, -0.05) is 115 Å². The first-order valence-corrected chi connectivity index (χ1v) is 15.5. The number of rotatable bonds is 16. The average molecular weight is 526 g/mol. The SMILES string of the molecule is CCCCCCCCC1(CCCCCCCC)c2cc(C3=COBO3)ccc2-c2ccc(C3=COBO3)cc21. The monoisotopic (exact) mass is 526 g/mol. The molecule has 2 aromatic carbocycles. The quantitative estimate of drug-likeness (QED) is 0.162. The van der Waals surface area contributed by atoms with Gasteiger partial charge in [-0.25, -0.2) is 0 Å². The van der Waals surface area contributed by atoms with E-state index in [4.69, 9.17) is 18.6 Å². The molecule has 2 aliphatic heterocycles. The Balaban J connectivity index is 1.50. The lowest BCUT2D eigenvalue weighted by atomic mass is 9.70. The van der Waals surface area contributed by atoms with E-state index in [1.54, 1.807) is 12.5 Å². The van der Waals surface area contributed by atoms with Gasteiger partial charge in [-0.2, -0.15) is 0 Å². The molecule has 0 N–H and O–H groups in total. The number of hydrogen-bond donors (Lipinski definition) is 0. The predicted molar refractivity (Wildman–Crippen MR) is 163 cm³/mol. The van der Waals surface area contributed by atoms with Crippen molar-refractivity contribution in [2.75, 3.05) is 0 Å². The molecule has 5 rings (SSSR count). The van der Waals surface area contributed by atoms with Crippen LogP contribution in [0.5, 0.6) is 0 Å². The van der Waals surface area contributed by atoms with E-state index in [-0.39, 0.29) is 5.41 Å². The standard InChI is InChI=1S/C33H44B2O4/c1-3-5-7-9-11-13-19-33(20-14-12-10-8-6-4-2)29-21-25(31-23-36-34-38-31)15-17-27(29)28-18-16-26(22-30(28)33)32-24-37-35-39-32/h15-18,21-24,34-35H,3-14,19-20H2,1-2H3. The van der Waals surface area contributed by atoms with Crippen molar-refractivity contribution < 1.29 is 18.6 Å². The third-order valence-electron chi connectivity index (χ3n) is 8.79. The smallest absolute Gasteiger partial charge is 0.531 e. The van der Waals surface area contributed by atoms with E-state index in [9.17, 15) is 0 Å². The maximum atomic E-state index is 5.80. The molecule has 0 saturated heterocycles. The maximum absolute atomic E-state index is 5.80. The summed E-state index contributed by atoms with van der Waals surface area (Å²) in [6.45, 7) is 4.58. The van der Waals surface area contributed by atoms with E-state index in [1.165, 1.54) is 112 Å². The first-order valence-electron chi connectivity index (χ1n) is 15.5. The van der Waals surface area contributed by atoms with E-state index in [0.717, 1.165) is 22.6 Å². The van der Waals surface area contributed by atoms with Gasteiger partial charge in [0.2, 0.25) is 0 Å². The summed E-state index contributed by atoms with van der Waals surface area (Å²) in [5.74, 6) is 1.67. The van der Waals surface area contributed by atoms with Crippen molar-refractivity contribution in [3.8, 4) is 11.1 Å². The van der Waals surface area contributed by atoms with E-state index in [2.05, 4.69) is 50.2 Å². The van der Waals surface area contributed by atoms with Crippen molar-refractivity contribution >= 4 is 26.9 Å². The number of benzene rings is 2. The van der Waals surface area contributed by atoms with Crippen LogP contribution >= 0.6 is 0 Å². The first-order chi connectivity index (χ1) is 19.3. The minimum absolute atomic E-state index is 0.00770. The molecule has 0 atom stereocenters. The lowest BCUT2D eigenvalue weighted by molar-refractivity contribution is 0.397. The van der Waals surface area contributed by atoms with Crippen molar-refractivity contribution in [2.45, 2.75) is 109 Å². The van der Waals surface area contributed by atoms with Gasteiger partial charge < -0.3 is 18.6 Å². The van der Waals surface area contributed by atoms with Crippen molar-refractivity contribution in [3.63, 3.8) is 0 Å². The van der Waals surface area contributed by atoms with Crippen molar-refractivity contribution in [3.05, 3.63) is 71.2 Å². The third kappa shape index (κ3) is 6.20. The molecule has 2 aromatic rings. The lowest BCUT2D eigenvalue weighted by Crippen LogP contribution is -2.26. The Morgan fingerprint density at radius 1 is 0.564 bits per heavy atom. The first kappa shape index (κ1) is 27.8. The van der Waals surface area contributed by atoms with Crippen LogP contribution in [0.3, 0.4) is 0 Å². The predicted octanol–water partition coefficient (Wildman–Crippen LogP) is 8.68. The fraction of sp³-hybridized carbons (Fsp3) is 0.515. The zero-order chi connectivity index (χ0) is 26.9. The highest BCUT2D eigenvalue weighted by Gasteiger charge is 2.43. The van der Waals surface area contributed by atoms with Crippen LogP contribution in [-0.4, -0.2) is 15.4 Å². The van der Waals surface area contributed by atoms with Gasteiger partial charge in [0, 0.05) is 16.5 Å². The molecule has 0 spiro atoms. The van der Waals surface area contributed by atoms with Gasteiger partial charge in [0.1, 0.15) is 24.0 Å². The normalized spacial score (nSPS) is 16.1. The molecular weight excluding hydrogens is 482 g/mol. The Hall–Kier alpha value is -2.75. The zero-order valence-corrected chi connectivity index (χ0v) is 24.1. The maximum Gasteiger partial charge on any atom is 0.576 e. The van der Waals surface area contributed by atoms with Crippen LogP contribution in [0.4, 0.5) is 0 Å². The Labute approximate surface area is 236 Å². The van der Waals surface area contributed by atoms with Gasteiger partial charge in [-0.15, -0.1) is 0 Å². The van der Waals surface area contributed by atoms with E-state index >= 15 is 0 Å². The molecule has 4 nitrogen and oxygen atoms in total. The van der Waals surface area contributed by atoms with Gasteiger partial charge >= 0.3 is 15.4 Å². The van der Waals surface area contributed by atoms with Crippen LogP contribution in [0, 0.1) is 0 Å². The number of fused-ring (bicyclic) bond motifs is 3. The fourth-order valence-electron chi connectivity index (χ4n) is 6.66. The molecule has 6 heteroatoms. The van der Waals surface area contributed by atoms with Gasteiger partial charge in [0.25, 0.3) is 0 Å². The summed E-state index contributed by atoms with van der Waals surface area (Å²) in [5, 5.41) is 0. The topological polar surface area (TPSA) is 36.9 Å². The van der Waals surface area contributed by atoms with E-state index in [1.807, 2.05) is 0 Å². The van der Waals surface area contributed by atoms with Gasteiger partial charge in [-0.3, -0.25) is 0 Å². The Morgan fingerprint density at radius 2 is 1.00 bits per heavy atom. The molecule has 0 saturated carbocycles. The second-order valence-corrected chi connectivity index (χ2v) is 11.5. The van der Waals surface area contributed by atoms with E-state index < -0.39 is 0 Å². The van der Waals surface area contributed by atoms with Crippen molar-refractivity contribution in [2.24, 2.45) is 0 Å². The van der Waals surface area contributed by atoms with Crippen LogP contribution in [0.25, 0.3) is 22.6 Å². The summed E-state index contributed by atoms with van der Waals surface area (Å²) < 4.78 is 22.5. The molecular formula is C33H44B2O4. The molecule has 0 amide bonds. The molecule has 2 heterocycles. The average Bonchev–Trinajstić information content (AvgIpc) is 3.74. The molecule has 39 heavy (non-hydrogen) atoms. The van der Waals surface area contributed by atoms with Crippen molar-refractivity contribution in [1.29, 1.82) is 0 Å². The van der Waals surface area contributed by atoms with Crippen LogP contribution in [-0.2, 0) is 24.0 Å². The van der Waals surface area contributed by atoms with Crippen LogP contribution < -0.4 is 0 Å². The molecule has 206 valence electrons. The number of unbranched alkanes of at least 4 members (excludes halogenated alkanes) is 10. The highest BCUT2D eigenvalue weighted by Crippen LogP contribution is 2.55. The molecule has 0 bridgehead atoms. The summed E-state index contributed by atoms with van der Waals surface area (Å²) in [7, 11) is 0.599. The highest BCUT2D eigenvalue weighted by atomic mass is 16.6. The highest BCUT2D eigenvalue weighted by molar-refractivity contribution is 6.22. The Bertz CT molecular complexity index is 1080. The minimum atomic E-state index is -0.00770.